The Morgan fingerprint density at radius 3 is 2.67 bits per heavy atom. The molecule has 21 heavy (non-hydrogen) atoms. The number of benzene rings is 1. The van der Waals surface area contributed by atoms with Crippen LogP contribution in [0.3, 0.4) is 0 Å². The number of aliphatic hydroxyl groups excluding tert-OH is 1. The van der Waals surface area contributed by atoms with Crippen LogP contribution in [0.1, 0.15) is 25.8 Å². The largest absolute Gasteiger partial charge is 0.393 e. The van der Waals surface area contributed by atoms with Crippen LogP contribution in [0.25, 0.3) is 0 Å². The molecule has 0 saturated carbocycles. The predicted octanol–water partition coefficient (Wildman–Crippen LogP) is 1.13. The maximum atomic E-state index is 11.7. The number of carbonyl (C=O) groups excluding carboxylic acids is 2. The van der Waals surface area contributed by atoms with E-state index in [1.165, 1.54) is 0 Å². The number of carbonyl (C=O) groups is 2. The highest BCUT2D eigenvalue weighted by atomic mass is 16.3. The lowest BCUT2D eigenvalue weighted by Crippen LogP contribution is -2.38. The van der Waals surface area contributed by atoms with E-state index in [0.717, 1.165) is 0 Å². The Labute approximate surface area is 124 Å². The normalized spacial score (nSPS) is 12.9. The Morgan fingerprint density at radius 2 is 2.05 bits per heavy atom. The first-order valence-corrected chi connectivity index (χ1v) is 6.76. The summed E-state index contributed by atoms with van der Waals surface area (Å²) in [6, 6.07) is 6.70. The zero-order valence-corrected chi connectivity index (χ0v) is 12.2. The lowest BCUT2D eigenvalue weighted by atomic mass is 10.0. The molecule has 3 N–H and O–H groups in total. The Hall–Kier alpha value is -2.32. The molecule has 0 fully saturated rings. The summed E-state index contributed by atoms with van der Waals surface area (Å²) >= 11 is 0. The summed E-state index contributed by atoms with van der Waals surface area (Å²) < 4.78 is 0. The van der Waals surface area contributed by atoms with Gasteiger partial charge in [-0.1, -0.05) is 18.9 Å². The second kappa shape index (κ2) is 8.08. The van der Waals surface area contributed by atoms with Crippen molar-refractivity contribution in [2.75, 3.05) is 11.9 Å². The van der Waals surface area contributed by atoms with E-state index in [-0.39, 0.29) is 5.92 Å². The molecular formula is C16H20N2O3. The highest BCUT2D eigenvalue weighted by molar-refractivity contribution is 6.39. The lowest BCUT2D eigenvalue weighted by Gasteiger charge is -2.14. The molecule has 0 aliphatic carbocycles. The van der Waals surface area contributed by atoms with E-state index >= 15 is 0 Å². The van der Waals surface area contributed by atoms with Gasteiger partial charge in [0.2, 0.25) is 0 Å². The molecule has 1 aromatic rings. The molecule has 0 bridgehead atoms. The van der Waals surface area contributed by atoms with Crippen molar-refractivity contribution in [2.24, 2.45) is 5.92 Å². The van der Waals surface area contributed by atoms with Gasteiger partial charge in [-0.15, -0.1) is 6.42 Å². The minimum atomic E-state index is -0.742. The van der Waals surface area contributed by atoms with Crippen molar-refractivity contribution >= 4 is 17.5 Å². The smallest absolute Gasteiger partial charge is 0.313 e. The fourth-order valence-corrected chi connectivity index (χ4v) is 1.89. The zero-order valence-electron chi connectivity index (χ0n) is 12.2. The van der Waals surface area contributed by atoms with Gasteiger partial charge in [-0.25, -0.2) is 0 Å². The van der Waals surface area contributed by atoms with Crippen molar-refractivity contribution in [3.8, 4) is 12.3 Å². The van der Waals surface area contributed by atoms with E-state index in [1.54, 1.807) is 31.2 Å². The quantitative estimate of drug-likeness (QED) is 0.561. The molecule has 1 rings (SSSR count). The van der Waals surface area contributed by atoms with Crippen LogP contribution in [-0.2, 0) is 9.59 Å². The fraction of sp³-hybridized carbons (Fsp3) is 0.375. The van der Waals surface area contributed by atoms with Gasteiger partial charge in [-0.3, -0.25) is 9.59 Å². The summed E-state index contributed by atoms with van der Waals surface area (Å²) in [5.41, 5.74) is 1.10. The summed E-state index contributed by atoms with van der Waals surface area (Å²) in [6.07, 6.45) is 5.40. The van der Waals surface area contributed by atoms with Gasteiger partial charge >= 0.3 is 11.8 Å². The molecule has 1 aromatic carbocycles. The standard InChI is InChI=1S/C16H20N2O3/c1-4-13-6-5-7-14(9-13)18-16(21)15(20)17-10-11(2)8-12(3)19/h1,5-7,9,11-12,19H,8,10H2,2-3H3,(H,17,20)(H,18,21). The third-order valence-electron chi connectivity index (χ3n) is 2.85. The molecule has 112 valence electrons. The minimum Gasteiger partial charge on any atom is -0.393 e. The number of hydrogen-bond acceptors (Lipinski definition) is 3. The van der Waals surface area contributed by atoms with Gasteiger partial charge < -0.3 is 15.7 Å². The number of nitrogens with one attached hydrogen (secondary N) is 2. The Bertz CT molecular complexity index is 547. The second-order valence-corrected chi connectivity index (χ2v) is 5.08. The van der Waals surface area contributed by atoms with Gasteiger partial charge in [-0.05, 0) is 37.5 Å². The average molecular weight is 288 g/mol. The molecular weight excluding hydrogens is 268 g/mol. The monoisotopic (exact) mass is 288 g/mol. The molecule has 0 aliphatic heterocycles. The zero-order chi connectivity index (χ0) is 15.8. The average Bonchev–Trinajstić information content (AvgIpc) is 2.44. The van der Waals surface area contributed by atoms with Crippen LogP contribution in [-0.4, -0.2) is 29.6 Å². The van der Waals surface area contributed by atoms with Crippen molar-refractivity contribution in [3.05, 3.63) is 29.8 Å². The summed E-state index contributed by atoms with van der Waals surface area (Å²) in [4.78, 5) is 23.4. The molecule has 0 radical (unpaired) electrons. The van der Waals surface area contributed by atoms with Crippen molar-refractivity contribution in [1.29, 1.82) is 0 Å². The molecule has 2 amide bonds. The van der Waals surface area contributed by atoms with Crippen LogP contribution in [0, 0.1) is 18.3 Å². The molecule has 0 saturated heterocycles. The highest BCUT2D eigenvalue weighted by Gasteiger charge is 2.15. The van der Waals surface area contributed by atoms with E-state index in [0.29, 0.717) is 24.2 Å². The molecule has 2 atom stereocenters. The number of hydrogen-bond donors (Lipinski definition) is 3. The second-order valence-electron chi connectivity index (χ2n) is 5.08. The lowest BCUT2D eigenvalue weighted by molar-refractivity contribution is -0.136. The molecule has 5 nitrogen and oxygen atoms in total. The van der Waals surface area contributed by atoms with E-state index in [9.17, 15) is 14.7 Å². The van der Waals surface area contributed by atoms with Gasteiger partial charge in [0, 0.05) is 17.8 Å². The van der Waals surface area contributed by atoms with Crippen molar-refractivity contribution in [1.82, 2.24) is 5.32 Å². The third-order valence-corrected chi connectivity index (χ3v) is 2.85. The van der Waals surface area contributed by atoms with Crippen LogP contribution in [0.4, 0.5) is 5.69 Å². The number of terminal acetylenes is 1. The van der Waals surface area contributed by atoms with Crippen LogP contribution < -0.4 is 10.6 Å². The van der Waals surface area contributed by atoms with Crippen LogP contribution >= 0.6 is 0 Å². The number of aliphatic hydroxyl groups is 1. The number of rotatable bonds is 5. The summed E-state index contributed by atoms with van der Waals surface area (Å²) in [5.74, 6) is 1.09. The molecule has 2 unspecified atom stereocenters. The minimum absolute atomic E-state index is 0.0894. The Kier molecular flexibility index (Phi) is 6.44. The van der Waals surface area contributed by atoms with Gasteiger partial charge in [0.15, 0.2) is 0 Å². The van der Waals surface area contributed by atoms with Crippen molar-refractivity contribution < 1.29 is 14.7 Å². The van der Waals surface area contributed by atoms with Gasteiger partial charge in [0.25, 0.3) is 0 Å². The first-order chi connectivity index (χ1) is 9.92. The van der Waals surface area contributed by atoms with E-state index < -0.39 is 17.9 Å². The van der Waals surface area contributed by atoms with Crippen molar-refractivity contribution in [3.63, 3.8) is 0 Å². The van der Waals surface area contributed by atoms with E-state index in [1.807, 2.05) is 6.92 Å². The Balaban J connectivity index is 2.48. The summed E-state index contributed by atoms with van der Waals surface area (Å²) in [6.45, 7) is 3.91. The van der Waals surface area contributed by atoms with Crippen LogP contribution in [0.15, 0.2) is 24.3 Å². The highest BCUT2D eigenvalue weighted by Crippen LogP contribution is 2.09. The summed E-state index contributed by atoms with van der Waals surface area (Å²) in [5, 5.41) is 14.3. The number of anilines is 1. The third kappa shape index (κ3) is 6.11. The predicted molar refractivity (Wildman–Crippen MR) is 81.5 cm³/mol. The van der Waals surface area contributed by atoms with Crippen LogP contribution in [0.5, 0.6) is 0 Å². The fourth-order valence-electron chi connectivity index (χ4n) is 1.89. The number of amides is 2. The van der Waals surface area contributed by atoms with Gasteiger partial charge in [0.05, 0.1) is 6.10 Å². The molecule has 0 heterocycles. The molecule has 5 heteroatoms. The Morgan fingerprint density at radius 1 is 1.33 bits per heavy atom. The van der Waals surface area contributed by atoms with E-state index in [4.69, 9.17) is 6.42 Å². The molecule has 0 spiro atoms. The van der Waals surface area contributed by atoms with Crippen molar-refractivity contribution in [2.45, 2.75) is 26.4 Å². The molecule has 0 aliphatic rings. The summed E-state index contributed by atoms with van der Waals surface area (Å²) in [7, 11) is 0. The molecule has 0 aromatic heterocycles. The van der Waals surface area contributed by atoms with Gasteiger partial charge in [-0.2, -0.15) is 0 Å². The first kappa shape index (κ1) is 16.7. The first-order valence-electron chi connectivity index (χ1n) is 6.76. The van der Waals surface area contributed by atoms with Gasteiger partial charge in [0.1, 0.15) is 0 Å². The maximum absolute atomic E-state index is 11.7. The topological polar surface area (TPSA) is 78.4 Å². The van der Waals surface area contributed by atoms with E-state index in [2.05, 4.69) is 16.6 Å². The van der Waals surface area contributed by atoms with Crippen LogP contribution in [0.2, 0.25) is 0 Å². The maximum Gasteiger partial charge on any atom is 0.313 e. The SMILES string of the molecule is C#Cc1cccc(NC(=O)C(=O)NCC(C)CC(C)O)c1.